The number of hydrogen-bond donors (Lipinski definition) is 1. The van der Waals surface area contributed by atoms with E-state index >= 15 is 0 Å². The zero-order chi connectivity index (χ0) is 9.68. The van der Waals surface area contributed by atoms with Gasteiger partial charge in [-0.25, -0.2) is 0 Å². The van der Waals surface area contributed by atoms with Gasteiger partial charge in [-0.1, -0.05) is 29.4 Å². The highest BCUT2D eigenvalue weighted by molar-refractivity contribution is 5.23. The van der Waals surface area contributed by atoms with E-state index in [1.54, 1.807) is 7.05 Å². The van der Waals surface area contributed by atoms with Crippen molar-refractivity contribution in [2.24, 2.45) is 5.18 Å². The van der Waals surface area contributed by atoms with Crippen LogP contribution in [0.15, 0.2) is 29.4 Å². The number of nitroso groups, excluding NO2 is 1. The van der Waals surface area contributed by atoms with Crippen LogP contribution < -0.4 is 0 Å². The molecule has 4 heteroatoms. The summed E-state index contributed by atoms with van der Waals surface area (Å²) >= 11 is 0. The second-order valence-corrected chi connectivity index (χ2v) is 2.92. The molecule has 0 atom stereocenters. The molecule has 1 rings (SSSR count). The normalized spacial score (nSPS) is 10.4. The van der Waals surface area contributed by atoms with Crippen molar-refractivity contribution in [2.45, 2.75) is 13.1 Å². The van der Waals surface area contributed by atoms with E-state index in [2.05, 4.69) is 5.18 Å². The Morgan fingerprint density at radius 3 is 2.77 bits per heavy atom. The summed E-state index contributed by atoms with van der Waals surface area (Å²) in [6, 6.07) is 7.43. The quantitative estimate of drug-likeness (QED) is 0.567. The lowest BCUT2D eigenvalue weighted by atomic mass is 10.1. The van der Waals surface area contributed by atoms with Crippen LogP contribution in [0, 0.1) is 4.91 Å². The molecule has 70 valence electrons. The summed E-state index contributed by atoms with van der Waals surface area (Å²) in [7, 11) is 1.57. The third-order valence-electron chi connectivity index (χ3n) is 1.65. The summed E-state index contributed by atoms with van der Waals surface area (Å²) in [6.07, 6.45) is 0. The molecule has 1 N–H and O–H groups in total. The Labute approximate surface area is 76.7 Å². The Kier molecular flexibility index (Phi) is 3.54. The summed E-state index contributed by atoms with van der Waals surface area (Å²) in [5, 5.41) is 12.9. The minimum Gasteiger partial charge on any atom is -0.314 e. The minimum absolute atomic E-state index is 0.184. The largest absolute Gasteiger partial charge is 0.314 e. The van der Waals surface area contributed by atoms with Gasteiger partial charge in [0.25, 0.3) is 0 Å². The van der Waals surface area contributed by atoms with Gasteiger partial charge in [0.15, 0.2) is 0 Å². The maximum atomic E-state index is 10.00. The maximum Gasteiger partial charge on any atom is 0.106 e. The van der Waals surface area contributed by atoms with Crippen molar-refractivity contribution >= 4 is 0 Å². The number of benzene rings is 1. The number of nitrogens with zero attached hydrogens (tertiary/aromatic N) is 2. The molecule has 1 aromatic carbocycles. The van der Waals surface area contributed by atoms with Crippen LogP contribution in [0.25, 0.3) is 0 Å². The fourth-order valence-corrected chi connectivity index (χ4v) is 1.17. The Bertz CT molecular complexity index is 287. The molecule has 1 aromatic rings. The van der Waals surface area contributed by atoms with Crippen molar-refractivity contribution in [2.75, 3.05) is 7.05 Å². The fraction of sp³-hybridized carbons (Fsp3) is 0.333. The first-order valence-electron chi connectivity index (χ1n) is 3.99. The molecule has 0 saturated carbocycles. The molecule has 0 spiro atoms. The maximum absolute atomic E-state index is 10.00. The fourth-order valence-electron chi connectivity index (χ4n) is 1.17. The molecule has 4 nitrogen and oxygen atoms in total. The SMILES string of the molecule is CN(O)Cc1cccc(CN=O)c1. The Balaban J connectivity index is 2.72. The van der Waals surface area contributed by atoms with Gasteiger partial charge in [-0.05, 0) is 11.1 Å². The van der Waals surface area contributed by atoms with Crippen molar-refractivity contribution in [1.82, 2.24) is 5.06 Å². The van der Waals surface area contributed by atoms with Crippen LogP contribution in [-0.4, -0.2) is 17.3 Å². The minimum atomic E-state index is 0.184. The van der Waals surface area contributed by atoms with Crippen molar-refractivity contribution < 1.29 is 5.21 Å². The highest BCUT2D eigenvalue weighted by Gasteiger charge is 1.98. The third-order valence-corrected chi connectivity index (χ3v) is 1.65. The highest BCUT2D eigenvalue weighted by Crippen LogP contribution is 2.07. The first-order chi connectivity index (χ1) is 6.22. The molecule has 0 bridgehead atoms. The van der Waals surface area contributed by atoms with Gasteiger partial charge < -0.3 is 5.21 Å². The Morgan fingerprint density at radius 2 is 2.15 bits per heavy atom. The van der Waals surface area contributed by atoms with Crippen LogP contribution in [0.1, 0.15) is 11.1 Å². The van der Waals surface area contributed by atoms with Gasteiger partial charge in [0.2, 0.25) is 0 Å². The predicted octanol–water partition coefficient (Wildman–Crippen LogP) is 1.77. The zero-order valence-corrected chi connectivity index (χ0v) is 7.47. The van der Waals surface area contributed by atoms with Crippen LogP contribution in [0.3, 0.4) is 0 Å². The van der Waals surface area contributed by atoms with Crippen molar-refractivity contribution in [3.8, 4) is 0 Å². The Morgan fingerprint density at radius 1 is 1.46 bits per heavy atom. The van der Waals surface area contributed by atoms with Crippen molar-refractivity contribution in [1.29, 1.82) is 0 Å². The van der Waals surface area contributed by atoms with E-state index in [0.717, 1.165) is 16.2 Å². The van der Waals surface area contributed by atoms with Gasteiger partial charge in [0, 0.05) is 13.6 Å². The summed E-state index contributed by atoms with van der Waals surface area (Å²) in [5.41, 5.74) is 1.83. The van der Waals surface area contributed by atoms with Crippen molar-refractivity contribution in [3.63, 3.8) is 0 Å². The molecule has 0 heterocycles. The summed E-state index contributed by atoms with van der Waals surface area (Å²) < 4.78 is 0. The molecule has 0 saturated heterocycles. The van der Waals surface area contributed by atoms with Gasteiger partial charge in [-0.15, -0.1) is 0 Å². The average Bonchev–Trinajstić information content (AvgIpc) is 2.04. The molecule has 0 amide bonds. The van der Waals surface area contributed by atoms with Crippen LogP contribution in [0.4, 0.5) is 0 Å². The number of hydrogen-bond acceptors (Lipinski definition) is 4. The molecular weight excluding hydrogens is 168 g/mol. The standard InChI is InChI=1S/C9H12N2O2/c1-11(13)7-9-4-2-3-8(5-9)6-10-12/h2-5,13H,6-7H2,1H3. The monoisotopic (exact) mass is 180 g/mol. The van der Waals surface area contributed by atoms with Crippen LogP contribution >= 0.6 is 0 Å². The van der Waals surface area contributed by atoms with Crippen LogP contribution in [-0.2, 0) is 13.1 Å². The second kappa shape index (κ2) is 4.69. The van der Waals surface area contributed by atoms with Crippen LogP contribution in [0.5, 0.6) is 0 Å². The van der Waals surface area contributed by atoms with E-state index in [1.165, 1.54) is 0 Å². The lowest BCUT2D eigenvalue weighted by molar-refractivity contribution is -0.0731. The summed E-state index contributed by atoms with van der Waals surface area (Å²) in [5.74, 6) is 0. The van der Waals surface area contributed by atoms with Gasteiger partial charge in [0.1, 0.15) is 6.54 Å². The molecule has 0 aromatic heterocycles. The van der Waals surface area contributed by atoms with E-state index < -0.39 is 0 Å². The van der Waals surface area contributed by atoms with Gasteiger partial charge in [-0.3, -0.25) is 0 Å². The lowest BCUT2D eigenvalue weighted by Gasteiger charge is -2.08. The van der Waals surface area contributed by atoms with E-state index in [4.69, 9.17) is 5.21 Å². The highest BCUT2D eigenvalue weighted by atomic mass is 16.5. The first kappa shape index (κ1) is 9.83. The molecule has 0 aliphatic rings. The molecule has 0 aliphatic heterocycles. The zero-order valence-electron chi connectivity index (χ0n) is 7.47. The average molecular weight is 180 g/mol. The summed E-state index contributed by atoms with van der Waals surface area (Å²) in [4.78, 5) is 10.00. The third kappa shape index (κ3) is 3.31. The first-order valence-corrected chi connectivity index (χ1v) is 3.99. The van der Waals surface area contributed by atoms with Crippen molar-refractivity contribution in [3.05, 3.63) is 40.3 Å². The molecule has 0 radical (unpaired) electrons. The van der Waals surface area contributed by atoms with Gasteiger partial charge >= 0.3 is 0 Å². The lowest BCUT2D eigenvalue weighted by Crippen LogP contribution is -2.11. The second-order valence-electron chi connectivity index (χ2n) is 2.92. The molecular formula is C9H12N2O2. The van der Waals surface area contributed by atoms with Gasteiger partial charge in [-0.2, -0.15) is 9.97 Å². The summed E-state index contributed by atoms with van der Waals surface area (Å²) in [6.45, 7) is 0.635. The van der Waals surface area contributed by atoms with E-state index in [-0.39, 0.29) is 6.54 Å². The Hall–Kier alpha value is -1.26. The molecule has 0 unspecified atom stereocenters. The number of hydroxylamine groups is 2. The molecule has 0 aliphatic carbocycles. The topological polar surface area (TPSA) is 52.9 Å². The smallest absolute Gasteiger partial charge is 0.106 e. The van der Waals surface area contributed by atoms with Crippen LogP contribution in [0.2, 0.25) is 0 Å². The molecule has 0 fully saturated rings. The molecule has 13 heavy (non-hydrogen) atoms. The van der Waals surface area contributed by atoms with E-state index in [0.29, 0.717) is 6.54 Å². The number of rotatable bonds is 4. The predicted molar refractivity (Wildman–Crippen MR) is 49.2 cm³/mol. The van der Waals surface area contributed by atoms with Gasteiger partial charge in [0.05, 0.1) is 0 Å². The van der Waals surface area contributed by atoms with E-state index in [1.807, 2.05) is 24.3 Å². The van der Waals surface area contributed by atoms with E-state index in [9.17, 15) is 4.91 Å².